The normalized spacial score (nSPS) is 18.5. The summed E-state index contributed by atoms with van der Waals surface area (Å²) in [6, 6.07) is 9.01. The smallest absolute Gasteiger partial charge is 0.315 e. The second-order valence-electron chi connectivity index (χ2n) is 6.03. The highest BCUT2D eigenvalue weighted by molar-refractivity contribution is 5.74. The third-order valence-corrected chi connectivity index (χ3v) is 4.05. The molecule has 0 bridgehead atoms. The van der Waals surface area contributed by atoms with Gasteiger partial charge in [0.2, 0.25) is 0 Å². The molecule has 1 aliphatic heterocycles. The van der Waals surface area contributed by atoms with Crippen molar-refractivity contribution >= 4 is 6.03 Å². The summed E-state index contributed by atoms with van der Waals surface area (Å²) >= 11 is 0. The van der Waals surface area contributed by atoms with E-state index in [2.05, 4.69) is 15.5 Å². The summed E-state index contributed by atoms with van der Waals surface area (Å²) in [7, 11) is 0. The molecule has 122 valence electrons. The maximum absolute atomic E-state index is 12.1. The molecule has 0 saturated carbocycles. The van der Waals surface area contributed by atoms with Gasteiger partial charge in [0.1, 0.15) is 0 Å². The second-order valence-corrected chi connectivity index (χ2v) is 6.03. The molecule has 2 unspecified atom stereocenters. The first-order chi connectivity index (χ1) is 10.7. The number of likely N-dealkylation sites (tertiary alicyclic amines) is 1. The topological polar surface area (TPSA) is 64.6 Å². The van der Waals surface area contributed by atoms with Crippen molar-refractivity contribution in [2.24, 2.45) is 0 Å². The predicted molar refractivity (Wildman–Crippen MR) is 87.7 cm³/mol. The number of benzene rings is 1. The minimum absolute atomic E-state index is 0.0909. The SMILES string of the molecule is CC(CN1CCCCC1)NC(=O)NC(CO)c1ccccc1. The quantitative estimate of drug-likeness (QED) is 0.752. The number of piperidine rings is 1. The van der Waals surface area contributed by atoms with Crippen LogP contribution in [0.2, 0.25) is 0 Å². The molecule has 2 rings (SSSR count). The van der Waals surface area contributed by atoms with Crippen LogP contribution in [0, 0.1) is 0 Å². The van der Waals surface area contributed by atoms with Crippen LogP contribution in [0.5, 0.6) is 0 Å². The minimum atomic E-state index is -0.372. The Kier molecular flexibility index (Phi) is 6.68. The molecule has 0 radical (unpaired) electrons. The van der Waals surface area contributed by atoms with Crippen molar-refractivity contribution in [2.45, 2.75) is 38.3 Å². The Morgan fingerprint density at radius 2 is 1.86 bits per heavy atom. The molecule has 0 aromatic heterocycles. The van der Waals surface area contributed by atoms with Crippen LogP contribution in [-0.4, -0.2) is 48.3 Å². The summed E-state index contributed by atoms with van der Waals surface area (Å²) in [5.41, 5.74) is 0.906. The number of hydrogen-bond acceptors (Lipinski definition) is 3. The van der Waals surface area contributed by atoms with Crippen molar-refractivity contribution in [1.82, 2.24) is 15.5 Å². The molecule has 22 heavy (non-hydrogen) atoms. The fourth-order valence-corrected chi connectivity index (χ4v) is 2.92. The monoisotopic (exact) mass is 305 g/mol. The van der Waals surface area contributed by atoms with Crippen LogP contribution < -0.4 is 10.6 Å². The Bertz CT molecular complexity index is 446. The zero-order valence-electron chi connectivity index (χ0n) is 13.3. The van der Waals surface area contributed by atoms with Crippen molar-refractivity contribution in [1.29, 1.82) is 0 Å². The van der Waals surface area contributed by atoms with E-state index in [1.165, 1.54) is 19.3 Å². The molecule has 1 heterocycles. The molecule has 2 atom stereocenters. The summed E-state index contributed by atoms with van der Waals surface area (Å²) in [6.07, 6.45) is 3.81. The van der Waals surface area contributed by atoms with Crippen LogP contribution in [0.1, 0.15) is 37.8 Å². The van der Waals surface area contributed by atoms with Crippen LogP contribution >= 0.6 is 0 Å². The first-order valence-corrected chi connectivity index (χ1v) is 8.14. The zero-order valence-corrected chi connectivity index (χ0v) is 13.3. The first-order valence-electron chi connectivity index (χ1n) is 8.14. The highest BCUT2D eigenvalue weighted by Gasteiger charge is 2.17. The van der Waals surface area contributed by atoms with Crippen molar-refractivity contribution in [3.63, 3.8) is 0 Å². The second kappa shape index (κ2) is 8.76. The van der Waals surface area contributed by atoms with E-state index in [0.717, 1.165) is 25.2 Å². The Hall–Kier alpha value is -1.59. The van der Waals surface area contributed by atoms with E-state index in [-0.39, 0.29) is 24.7 Å². The molecule has 1 saturated heterocycles. The maximum atomic E-state index is 12.1. The van der Waals surface area contributed by atoms with Gasteiger partial charge < -0.3 is 20.6 Å². The minimum Gasteiger partial charge on any atom is -0.394 e. The molecule has 1 fully saturated rings. The third kappa shape index (κ3) is 5.31. The van der Waals surface area contributed by atoms with E-state index >= 15 is 0 Å². The van der Waals surface area contributed by atoms with Crippen molar-refractivity contribution in [2.75, 3.05) is 26.2 Å². The van der Waals surface area contributed by atoms with E-state index in [9.17, 15) is 9.90 Å². The van der Waals surface area contributed by atoms with Crippen LogP contribution in [0.4, 0.5) is 4.79 Å². The molecule has 1 aromatic rings. The summed E-state index contributed by atoms with van der Waals surface area (Å²) in [4.78, 5) is 14.5. The molecular formula is C17H27N3O2. The number of amides is 2. The zero-order chi connectivity index (χ0) is 15.8. The Morgan fingerprint density at radius 1 is 1.18 bits per heavy atom. The number of urea groups is 1. The Balaban J connectivity index is 1.78. The van der Waals surface area contributed by atoms with Gasteiger partial charge >= 0.3 is 6.03 Å². The number of carbonyl (C=O) groups excluding carboxylic acids is 1. The summed E-state index contributed by atoms with van der Waals surface area (Å²) in [5.74, 6) is 0. The van der Waals surface area contributed by atoms with Crippen LogP contribution in [-0.2, 0) is 0 Å². The van der Waals surface area contributed by atoms with Gasteiger partial charge in [-0.2, -0.15) is 0 Å². The van der Waals surface area contributed by atoms with Gasteiger partial charge in [0.15, 0.2) is 0 Å². The number of hydrogen-bond donors (Lipinski definition) is 3. The number of nitrogens with zero attached hydrogens (tertiary/aromatic N) is 1. The summed E-state index contributed by atoms with van der Waals surface area (Å²) < 4.78 is 0. The van der Waals surface area contributed by atoms with E-state index < -0.39 is 0 Å². The standard InChI is InChI=1S/C17H27N3O2/c1-14(12-20-10-6-3-7-11-20)18-17(22)19-16(13-21)15-8-4-2-5-9-15/h2,4-5,8-9,14,16,21H,3,6-7,10-13H2,1H3,(H2,18,19,22). The van der Waals surface area contributed by atoms with Crippen LogP contribution in [0.15, 0.2) is 30.3 Å². The van der Waals surface area contributed by atoms with Gasteiger partial charge in [-0.15, -0.1) is 0 Å². The summed E-state index contributed by atoms with van der Waals surface area (Å²) in [5, 5.41) is 15.3. The third-order valence-electron chi connectivity index (χ3n) is 4.05. The number of aliphatic hydroxyl groups excluding tert-OH is 1. The lowest BCUT2D eigenvalue weighted by Crippen LogP contribution is -2.48. The molecular weight excluding hydrogens is 278 g/mol. The van der Waals surface area contributed by atoms with Gasteiger partial charge in [-0.05, 0) is 38.4 Å². The lowest BCUT2D eigenvalue weighted by Gasteiger charge is -2.29. The molecule has 2 amide bonds. The number of nitrogens with one attached hydrogen (secondary N) is 2. The summed E-state index contributed by atoms with van der Waals surface area (Å²) in [6.45, 7) is 5.03. The average molecular weight is 305 g/mol. The van der Waals surface area contributed by atoms with Gasteiger partial charge in [-0.25, -0.2) is 4.79 Å². The lowest BCUT2D eigenvalue weighted by molar-refractivity contribution is 0.196. The fraction of sp³-hybridized carbons (Fsp3) is 0.588. The van der Waals surface area contributed by atoms with Crippen molar-refractivity contribution in [3.8, 4) is 0 Å². The van der Waals surface area contributed by atoms with Crippen LogP contribution in [0.25, 0.3) is 0 Å². The molecule has 0 aliphatic carbocycles. The average Bonchev–Trinajstić information content (AvgIpc) is 2.54. The molecule has 0 spiro atoms. The first kappa shape index (κ1) is 16.8. The van der Waals surface area contributed by atoms with E-state index in [1.807, 2.05) is 37.3 Å². The van der Waals surface area contributed by atoms with E-state index in [4.69, 9.17) is 0 Å². The molecule has 1 aliphatic rings. The van der Waals surface area contributed by atoms with Gasteiger partial charge in [0.25, 0.3) is 0 Å². The predicted octanol–water partition coefficient (Wildman–Crippen LogP) is 1.89. The fourth-order valence-electron chi connectivity index (χ4n) is 2.92. The molecule has 5 heteroatoms. The van der Waals surface area contributed by atoms with Gasteiger partial charge in [0, 0.05) is 12.6 Å². The van der Waals surface area contributed by atoms with Crippen molar-refractivity contribution < 1.29 is 9.90 Å². The molecule has 1 aromatic carbocycles. The van der Waals surface area contributed by atoms with Crippen molar-refractivity contribution in [3.05, 3.63) is 35.9 Å². The highest BCUT2D eigenvalue weighted by Crippen LogP contribution is 2.11. The van der Waals surface area contributed by atoms with E-state index in [0.29, 0.717) is 0 Å². The van der Waals surface area contributed by atoms with E-state index in [1.54, 1.807) is 0 Å². The highest BCUT2D eigenvalue weighted by atomic mass is 16.3. The number of carbonyl (C=O) groups is 1. The lowest BCUT2D eigenvalue weighted by atomic mass is 10.1. The number of aliphatic hydroxyl groups is 1. The van der Waals surface area contributed by atoms with Gasteiger partial charge in [0.05, 0.1) is 12.6 Å². The molecule has 3 N–H and O–H groups in total. The maximum Gasteiger partial charge on any atom is 0.315 e. The van der Waals surface area contributed by atoms with Gasteiger partial charge in [-0.1, -0.05) is 36.8 Å². The Morgan fingerprint density at radius 3 is 2.50 bits per heavy atom. The largest absolute Gasteiger partial charge is 0.394 e. The van der Waals surface area contributed by atoms with Crippen LogP contribution in [0.3, 0.4) is 0 Å². The van der Waals surface area contributed by atoms with Gasteiger partial charge in [-0.3, -0.25) is 0 Å². The number of rotatable bonds is 6. The molecule has 5 nitrogen and oxygen atoms in total. The Labute approximate surface area is 132 Å².